The molecular formula is C22H24N4S2. The molecule has 0 saturated heterocycles. The maximum absolute atomic E-state index is 8.48. The van der Waals surface area contributed by atoms with Gasteiger partial charge in [0.2, 0.25) is 0 Å². The minimum absolute atomic E-state index is 0.264. The molecule has 4 rings (SSSR count). The summed E-state index contributed by atoms with van der Waals surface area (Å²) in [6.07, 6.45) is 5.33. The van der Waals surface area contributed by atoms with Crippen molar-refractivity contribution >= 4 is 44.8 Å². The van der Waals surface area contributed by atoms with Crippen molar-refractivity contribution < 1.29 is 0 Å². The highest BCUT2D eigenvalue weighted by molar-refractivity contribution is 8.26. The Morgan fingerprint density at radius 2 is 1.89 bits per heavy atom. The first kappa shape index (κ1) is 19.3. The number of benzene rings is 2. The number of nitrogens with zero attached hydrogens (tertiary/aromatic N) is 1. The summed E-state index contributed by atoms with van der Waals surface area (Å²) >= 11 is 2.85. The van der Waals surface area contributed by atoms with Crippen LogP contribution < -0.4 is 4.72 Å². The van der Waals surface area contributed by atoms with E-state index in [1.54, 1.807) is 18.9 Å². The number of rotatable bonds is 5. The van der Waals surface area contributed by atoms with E-state index in [4.69, 9.17) is 10.8 Å². The van der Waals surface area contributed by atoms with Crippen LogP contribution in [0, 0.1) is 10.8 Å². The Hall–Kier alpha value is -2.02. The maximum Gasteiger partial charge on any atom is 0.171 e. The van der Waals surface area contributed by atoms with E-state index in [2.05, 4.69) is 60.3 Å². The van der Waals surface area contributed by atoms with Crippen molar-refractivity contribution in [1.82, 2.24) is 9.29 Å². The zero-order valence-electron chi connectivity index (χ0n) is 16.1. The average Bonchev–Trinajstić information content (AvgIpc) is 3.30. The second kappa shape index (κ2) is 7.78. The van der Waals surface area contributed by atoms with Crippen LogP contribution in [0.25, 0.3) is 10.9 Å². The van der Waals surface area contributed by atoms with Crippen LogP contribution in [-0.2, 0) is 6.42 Å². The van der Waals surface area contributed by atoms with Crippen molar-refractivity contribution in [2.24, 2.45) is 0 Å². The predicted octanol–water partition coefficient (Wildman–Crippen LogP) is 5.89. The molecule has 4 nitrogen and oxygen atoms in total. The molecule has 1 aliphatic rings. The molecule has 1 fully saturated rings. The number of nitrogens with one attached hydrogen (secondary N) is 3. The summed E-state index contributed by atoms with van der Waals surface area (Å²) < 4.78 is 5.47. The standard InChI is InChI=1S/C22H24N4S2/c1-15(23)27-21(24)26-14-17(12-16-6-4-3-5-7-16)19-9-8-18(13-20(19)26)28-25-22(2)10-11-22/h3-9,13-14,23-25H,10-12H2,1-2H3. The van der Waals surface area contributed by atoms with Crippen LogP contribution in [0.15, 0.2) is 59.6 Å². The van der Waals surface area contributed by atoms with Crippen LogP contribution >= 0.6 is 23.7 Å². The second-order valence-corrected chi connectivity index (χ2v) is 9.68. The van der Waals surface area contributed by atoms with Crippen LogP contribution in [-0.4, -0.2) is 20.3 Å². The van der Waals surface area contributed by atoms with Gasteiger partial charge in [0.25, 0.3) is 0 Å². The van der Waals surface area contributed by atoms with Gasteiger partial charge in [-0.25, -0.2) is 0 Å². The lowest BCUT2D eigenvalue weighted by Crippen LogP contribution is -2.19. The molecule has 0 unspecified atom stereocenters. The normalized spacial score (nSPS) is 14.9. The molecule has 1 saturated carbocycles. The van der Waals surface area contributed by atoms with E-state index in [-0.39, 0.29) is 5.54 Å². The highest BCUT2D eigenvalue weighted by Gasteiger charge is 2.37. The lowest BCUT2D eigenvalue weighted by molar-refractivity contribution is 0.701. The topological polar surface area (TPSA) is 64.7 Å². The van der Waals surface area contributed by atoms with Gasteiger partial charge >= 0.3 is 0 Å². The molecule has 2 aromatic carbocycles. The third kappa shape index (κ3) is 4.35. The van der Waals surface area contributed by atoms with Gasteiger partial charge in [0.05, 0.1) is 10.6 Å². The van der Waals surface area contributed by atoms with Gasteiger partial charge in [0, 0.05) is 22.0 Å². The molecule has 0 radical (unpaired) electrons. The van der Waals surface area contributed by atoms with Crippen LogP contribution in [0.2, 0.25) is 0 Å². The van der Waals surface area contributed by atoms with Crippen molar-refractivity contribution in [1.29, 1.82) is 10.8 Å². The zero-order chi connectivity index (χ0) is 19.7. The molecule has 0 bridgehead atoms. The van der Waals surface area contributed by atoms with E-state index < -0.39 is 0 Å². The smallest absolute Gasteiger partial charge is 0.171 e. The Morgan fingerprint density at radius 3 is 2.57 bits per heavy atom. The molecule has 3 aromatic rings. The van der Waals surface area contributed by atoms with Crippen molar-refractivity contribution in [2.45, 2.75) is 43.5 Å². The van der Waals surface area contributed by atoms with Crippen molar-refractivity contribution in [3.63, 3.8) is 0 Å². The maximum atomic E-state index is 8.48. The number of hydrogen-bond acceptors (Lipinski definition) is 5. The number of fused-ring (bicyclic) bond motifs is 1. The van der Waals surface area contributed by atoms with Gasteiger partial charge in [-0.2, -0.15) is 0 Å². The summed E-state index contributed by atoms with van der Waals surface area (Å²) in [6.45, 7) is 3.97. The van der Waals surface area contributed by atoms with Gasteiger partial charge in [-0.3, -0.25) is 20.1 Å². The lowest BCUT2D eigenvalue weighted by Gasteiger charge is -2.11. The molecule has 6 heteroatoms. The predicted molar refractivity (Wildman–Crippen MR) is 122 cm³/mol. The summed E-state index contributed by atoms with van der Waals surface area (Å²) in [4.78, 5) is 1.15. The second-order valence-electron chi connectivity index (χ2n) is 7.59. The fourth-order valence-electron chi connectivity index (χ4n) is 3.13. The molecule has 1 heterocycles. The van der Waals surface area contributed by atoms with Gasteiger partial charge < -0.3 is 0 Å². The van der Waals surface area contributed by atoms with E-state index >= 15 is 0 Å². The monoisotopic (exact) mass is 408 g/mol. The number of hydrogen-bond donors (Lipinski definition) is 3. The molecule has 1 aromatic heterocycles. The van der Waals surface area contributed by atoms with Crippen LogP contribution in [0.5, 0.6) is 0 Å². The number of thioether (sulfide) groups is 1. The van der Waals surface area contributed by atoms with Gasteiger partial charge in [0.15, 0.2) is 5.17 Å². The first-order chi connectivity index (χ1) is 13.4. The van der Waals surface area contributed by atoms with Crippen LogP contribution in [0.3, 0.4) is 0 Å². The summed E-state index contributed by atoms with van der Waals surface area (Å²) in [7, 11) is 0. The highest BCUT2D eigenvalue weighted by Crippen LogP contribution is 2.38. The van der Waals surface area contributed by atoms with Crippen molar-refractivity contribution in [3.8, 4) is 0 Å². The molecule has 0 aliphatic heterocycles. The van der Waals surface area contributed by atoms with Gasteiger partial charge in [-0.05, 0) is 80.1 Å². The van der Waals surface area contributed by atoms with E-state index in [0.29, 0.717) is 10.2 Å². The molecule has 0 atom stereocenters. The Bertz CT molecular complexity index is 1040. The largest absolute Gasteiger partial charge is 0.298 e. The fourth-order valence-corrected chi connectivity index (χ4v) is 4.55. The highest BCUT2D eigenvalue weighted by atomic mass is 32.2. The Labute approximate surface area is 174 Å². The minimum atomic E-state index is 0.264. The van der Waals surface area contributed by atoms with E-state index in [1.807, 2.05) is 10.6 Å². The van der Waals surface area contributed by atoms with Gasteiger partial charge in [0.1, 0.15) is 0 Å². The van der Waals surface area contributed by atoms with Crippen molar-refractivity contribution in [2.75, 3.05) is 0 Å². The van der Waals surface area contributed by atoms with E-state index in [1.165, 1.54) is 41.1 Å². The van der Waals surface area contributed by atoms with Crippen LogP contribution in [0.1, 0.15) is 37.8 Å². The van der Waals surface area contributed by atoms with Crippen molar-refractivity contribution in [3.05, 3.63) is 65.9 Å². The lowest BCUT2D eigenvalue weighted by atomic mass is 10.0. The Balaban J connectivity index is 1.70. The SMILES string of the molecule is CC(=N)SC(=N)n1cc(Cc2ccccc2)c2ccc(SNC3(C)CC3)cc21. The molecule has 0 spiro atoms. The molecule has 1 aliphatic carbocycles. The third-order valence-corrected chi connectivity index (χ3v) is 6.76. The minimum Gasteiger partial charge on any atom is -0.298 e. The zero-order valence-corrected chi connectivity index (χ0v) is 17.7. The molecular weight excluding hydrogens is 384 g/mol. The van der Waals surface area contributed by atoms with Crippen LogP contribution in [0.4, 0.5) is 0 Å². The quantitative estimate of drug-likeness (QED) is 0.280. The summed E-state index contributed by atoms with van der Waals surface area (Å²) in [5, 5.41) is 18.2. The van der Waals surface area contributed by atoms with E-state index in [9.17, 15) is 0 Å². The Morgan fingerprint density at radius 1 is 1.14 bits per heavy atom. The summed E-state index contributed by atoms with van der Waals surface area (Å²) in [6, 6.07) is 16.9. The first-order valence-electron chi connectivity index (χ1n) is 9.37. The molecule has 28 heavy (non-hydrogen) atoms. The summed E-state index contributed by atoms with van der Waals surface area (Å²) in [5.74, 6) is 0. The fraction of sp³-hybridized carbons (Fsp3) is 0.273. The number of aromatic nitrogens is 1. The first-order valence-corrected chi connectivity index (χ1v) is 11.0. The molecule has 3 N–H and O–H groups in total. The Kier molecular flexibility index (Phi) is 5.36. The van der Waals surface area contributed by atoms with Gasteiger partial charge in [-0.1, -0.05) is 36.4 Å². The molecule has 144 valence electrons. The van der Waals surface area contributed by atoms with E-state index in [0.717, 1.165) is 16.8 Å². The van der Waals surface area contributed by atoms with Gasteiger partial charge in [-0.15, -0.1) is 0 Å². The average molecular weight is 409 g/mol. The summed E-state index contributed by atoms with van der Waals surface area (Å²) in [5.41, 5.74) is 3.75. The third-order valence-electron chi connectivity index (χ3n) is 4.98. The molecule has 0 amide bonds.